The molecule has 0 saturated carbocycles. The fourth-order valence-electron chi connectivity index (χ4n) is 7.20. The van der Waals surface area contributed by atoms with Gasteiger partial charge in [0.25, 0.3) is 15.9 Å². The molecule has 3 heterocycles. The van der Waals surface area contributed by atoms with Crippen LogP contribution in [0.4, 0.5) is 10.5 Å². The zero-order valence-corrected chi connectivity index (χ0v) is 28.4. The van der Waals surface area contributed by atoms with Gasteiger partial charge in [0.1, 0.15) is 5.75 Å². The molecule has 0 bridgehead atoms. The minimum absolute atomic E-state index is 0.0636. The number of hydrogen-bond acceptors (Lipinski definition) is 8. The van der Waals surface area contributed by atoms with Gasteiger partial charge >= 0.3 is 6.03 Å². The highest BCUT2D eigenvalue weighted by molar-refractivity contribution is 7.93. The number of ether oxygens (including phenoxy) is 1. The number of anilines is 1. The number of nitriles is 1. The smallest absolute Gasteiger partial charge is 0.318 e. The van der Waals surface area contributed by atoms with E-state index in [2.05, 4.69) is 35.0 Å². The molecule has 252 valence electrons. The third-order valence-electron chi connectivity index (χ3n) is 9.77. The summed E-state index contributed by atoms with van der Waals surface area (Å²) in [4.78, 5) is 35.9. The normalized spacial score (nSPS) is 20.9. The lowest BCUT2D eigenvalue weighted by Gasteiger charge is -2.44. The number of likely N-dealkylation sites (tertiary alicyclic amines) is 1. The Morgan fingerprint density at radius 2 is 1.62 bits per heavy atom. The molecule has 3 aromatic rings. The Kier molecular flexibility index (Phi) is 9.47. The van der Waals surface area contributed by atoms with E-state index in [0.29, 0.717) is 30.9 Å². The second-order valence-electron chi connectivity index (χ2n) is 12.7. The van der Waals surface area contributed by atoms with E-state index in [1.54, 1.807) is 54.3 Å². The molecule has 3 aliphatic heterocycles. The lowest BCUT2D eigenvalue weighted by atomic mass is 9.82. The molecule has 2 fully saturated rings. The molecule has 0 aromatic heterocycles. The van der Waals surface area contributed by atoms with Crippen LogP contribution in [-0.4, -0.2) is 93.0 Å². The first kappa shape index (κ1) is 33.5. The van der Waals surface area contributed by atoms with Crippen molar-refractivity contribution in [1.82, 2.24) is 20.0 Å². The Labute approximate surface area is 282 Å². The maximum atomic E-state index is 15.0. The van der Waals surface area contributed by atoms with Crippen LogP contribution in [0.25, 0.3) is 0 Å². The van der Waals surface area contributed by atoms with Crippen molar-refractivity contribution in [2.75, 3.05) is 50.2 Å². The van der Waals surface area contributed by atoms with Crippen LogP contribution in [0.3, 0.4) is 0 Å². The SMILES string of the molecule is CCOc1ccccc1C1(NC(=O)N2CCC(N3CCN(C(C)C)CC3)CC2)C(=O)N(S(=O)(=O)c2ccccc2)c2ccc(C#N)cc21. The van der Waals surface area contributed by atoms with Gasteiger partial charge in [0.2, 0.25) is 0 Å². The van der Waals surface area contributed by atoms with Gasteiger partial charge in [0.05, 0.1) is 28.8 Å². The number of benzene rings is 3. The first-order valence-electron chi connectivity index (χ1n) is 16.6. The number of nitrogens with one attached hydrogen (secondary N) is 1. The number of rotatable bonds is 8. The zero-order valence-electron chi connectivity index (χ0n) is 27.6. The van der Waals surface area contributed by atoms with Crippen molar-refractivity contribution in [3.8, 4) is 11.8 Å². The first-order chi connectivity index (χ1) is 23.1. The predicted molar refractivity (Wildman–Crippen MR) is 182 cm³/mol. The molecule has 1 atom stereocenters. The van der Waals surface area contributed by atoms with E-state index in [1.165, 1.54) is 30.3 Å². The molecular weight excluding hydrogens is 628 g/mol. The van der Waals surface area contributed by atoms with Crippen molar-refractivity contribution in [3.05, 3.63) is 89.5 Å². The Bertz CT molecular complexity index is 1810. The highest BCUT2D eigenvalue weighted by atomic mass is 32.2. The molecule has 3 aromatic carbocycles. The van der Waals surface area contributed by atoms with E-state index in [-0.39, 0.29) is 33.9 Å². The summed E-state index contributed by atoms with van der Waals surface area (Å²) in [6, 6.07) is 21.4. The Hall–Kier alpha value is -4.44. The van der Waals surface area contributed by atoms with Crippen LogP contribution in [0.15, 0.2) is 77.7 Å². The molecule has 2 saturated heterocycles. The van der Waals surface area contributed by atoms with Gasteiger partial charge in [-0.1, -0.05) is 36.4 Å². The van der Waals surface area contributed by atoms with E-state index in [9.17, 15) is 23.3 Å². The number of carbonyl (C=O) groups excluding carboxylic acids is 2. The van der Waals surface area contributed by atoms with Crippen molar-refractivity contribution in [2.45, 2.75) is 56.1 Å². The quantitative estimate of drug-likeness (QED) is 0.379. The molecular formula is C36H42N6O5S. The fourth-order valence-corrected chi connectivity index (χ4v) is 8.68. The number of carbonyl (C=O) groups is 2. The number of amides is 3. The van der Waals surface area contributed by atoms with Gasteiger partial charge in [-0.25, -0.2) is 13.2 Å². The van der Waals surface area contributed by atoms with Gasteiger partial charge in [-0.3, -0.25) is 14.6 Å². The van der Waals surface area contributed by atoms with E-state index < -0.39 is 27.5 Å². The van der Waals surface area contributed by atoms with Crippen molar-refractivity contribution in [1.29, 1.82) is 5.26 Å². The molecule has 1 unspecified atom stereocenters. The van der Waals surface area contributed by atoms with Crippen LogP contribution in [0, 0.1) is 11.3 Å². The zero-order chi connectivity index (χ0) is 34.1. The van der Waals surface area contributed by atoms with Crippen LogP contribution in [0.5, 0.6) is 5.75 Å². The van der Waals surface area contributed by atoms with Crippen molar-refractivity contribution in [2.24, 2.45) is 0 Å². The molecule has 0 radical (unpaired) electrons. The molecule has 3 amide bonds. The third-order valence-corrected chi connectivity index (χ3v) is 11.5. The number of fused-ring (bicyclic) bond motifs is 1. The molecule has 1 N–H and O–H groups in total. The minimum Gasteiger partial charge on any atom is -0.493 e. The first-order valence-corrected chi connectivity index (χ1v) is 18.0. The molecule has 11 nitrogen and oxygen atoms in total. The summed E-state index contributed by atoms with van der Waals surface area (Å²) < 4.78 is 35.1. The van der Waals surface area contributed by atoms with Crippen LogP contribution < -0.4 is 14.4 Å². The summed E-state index contributed by atoms with van der Waals surface area (Å²) in [5, 5.41) is 12.9. The summed E-state index contributed by atoms with van der Waals surface area (Å²) in [6.07, 6.45) is 1.57. The van der Waals surface area contributed by atoms with Crippen LogP contribution >= 0.6 is 0 Å². The molecule has 0 spiro atoms. The molecule has 0 aliphatic carbocycles. The number of urea groups is 1. The number of para-hydroxylation sites is 1. The highest BCUT2D eigenvalue weighted by Gasteiger charge is 2.58. The predicted octanol–water partition coefficient (Wildman–Crippen LogP) is 4.14. The van der Waals surface area contributed by atoms with Gasteiger partial charge in [0, 0.05) is 62.5 Å². The lowest BCUT2D eigenvalue weighted by molar-refractivity contribution is -0.121. The fraction of sp³-hybridized carbons (Fsp3) is 0.417. The largest absolute Gasteiger partial charge is 0.493 e. The van der Waals surface area contributed by atoms with Crippen molar-refractivity contribution in [3.63, 3.8) is 0 Å². The average molecular weight is 671 g/mol. The van der Waals surface area contributed by atoms with Gasteiger partial charge in [0.15, 0.2) is 5.54 Å². The standard InChI is InChI=1S/C36H42N6O5S/c1-4-47-33-13-9-8-12-30(33)36(38-35(44)41-18-16-28(17-19-41)40-22-20-39(21-23-40)26(2)3)31-24-27(25-37)14-15-32(31)42(34(36)43)48(45,46)29-10-6-5-7-11-29/h5-15,24,26,28H,4,16-23H2,1-3H3,(H,38,44). The highest BCUT2D eigenvalue weighted by Crippen LogP contribution is 2.49. The van der Waals surface area contributed by atoms with Crippen LogP contribution in [0.1, 0.15) is 50.3 Å². The number of piperazine rings is 1. The summed E-state index contributed by atoms with van der Waals surface area (Å²) in [7, 11) is -4.43. The Morgan fingerprint density at radius 1 is 0.958 bits per heavy atom. The Morgan fingerprint density at radius 3 is 2.27 bits per heavy atom. The van der Waals surface area contributed by atoms with E-state index in [1.807, 2.05) is 0 Å². The second-order valence-corrected chi connectivity index (χ2v) is 14.5. The van der Waals surface area contributed by atoms with E-state index in [0.717, 1.165) is 43.3 Å². The van der Waals surface area contributed by atoms with Crippen molar-refractivity contribution >= 4 is 27.6 Å². The van der Waals surface area contributed by atoms with Gasteiger partial charge in [-0.2, -0.15) is 9.57 Å². The van der Waals surface area contributed by atoms with E-state index in [4.69, 9.17) is 4.74 Å². The van der Waals surface area contributed by atoms with Crippen molar-refractivity contribution < 1.29 is 22.7 Å². The van der Waals surface area contributed by atoms with Gasteiger partial charge in [-0.05, 0) is 70.0 Å². The topological polar surface area (TPSA) is 126 Å². The molecule has 12 heteroatoms. The maximum Gasteiger partial charge on any atom is 0.318 e. The van der Waals surface area contributed by atoms with Gasteiger partial charge < -0.3 is 15.0 Å². The number of nitrogens with zero attached hydrogens (tertiary/aromatic N) is 5. The molecule has 3 aliphatic rings. The Balaban J connectivity index is 1.38. The van der Waals surface area contributed by atoms with Crippen LogP contribution in [0.2, 0.25) is 0 Å². The number of sulfonamides is 1. The third kappa shape index (κ3) is 5.91. The van der Waals surface area contributed by atoms with Gasteiger partial charge in [-0.15, -0.1) is 0 Å². The molecule has 48 heavy (non-hydrogen) atoms. The summed E-state index contributed by atoms with van der Waals surface area (Å²) in [6.45, 7) is 11.5. The lowest BCUT2D eigenvalue weighted by Crippen LogP contribution is -2.60. The monoisotopic (exact) mass is 670 g/mol. The summed E-state index contributed by atoms with van der Waals surface area (Å²) in [5.74, 6) is -0.560. The second kappa shape index (κ2) is 13.6. The average Bonchev–Trinajstić information content (AvgIpc) is 3.36. The number of hydrogen-bond donors (Lipinski definition) is 1. The summed E-state index contributed by atoms with van der Waals surface area (Å²) in [5.41, 5.74) is -1.26. The minimum atomic E-state index is -4.43. The van der Waals surface area contributed by atoms with E-state index >= 15 is 0 Å². The maximum absolute atomic E-state index is 15.0. The number of piperidine rings is 1. The summed E-state index contributed by atoms with van der Waals surface area (Å²) >= 11 is 0. The molecule has 6 rings (SSSR count). The van der Waals surface area contributed by atoms with Crippen LogP contribution in [-0.2, 0) is 20.4 Å².